The summed E-state index contributed by atoms with van der Waals surface area (Å²) < 4.78 is 2.11. The number of benzene rings is 1. The first-order valence-electron chi connectivity index (χ1n) is 8.38. The molecule has 1 atom stereocenters. The second-order valence-electron chi connectivity index (χ2n) is 6.95. The lowest BCUT2D eigenvalue weighted by Crippen LogP contribution is -2.22. The van der Waals surface area contributed by atoms with E-state index >= 15 is 0 Å². The average Bonchev–Trinajstić information content (AvgIpc) is 3.27. The number of aromatic nitrogens is 2. The van der Waals surface area contributed by atoms with Gasteiger partial charge in [0.15, 0.2) is 0 Å². The summed E-state index contributed by atoms with van der Waals surface area (Å²) in [6.07, 6.45) is 5.61. The Morgan fingerprint density at radius 3 is 2.87 bits per heavy atom. The largest absolute Gasteiger partial charge is 0.349 e. The van der Waals surface area contributed by atoms with E-state index in [-0.39, 0.29) is 6.04 Å². The van der Waals surface area contributed by atoms with Gasteiger partial charge >= 0.3 is 0 Å². The topological polar surface area (TPSA) is 50.2 Å². The summed E-state index contributed by atoms with van der Waals surface area (Å²) >= 11 is 0. The average molecular weight is 314 g/mol. The molecule has 23 heavy (non-hydrogen) atoms. The Morgan fingerprint density at radius 1 is 1.43 bits per heavy atom. The van der Waals surface area contributed by atoms with Gasteiger partial charge in [-0.1, -0.05) is 18.9 Å². The summed E-state index contributed by atoms with van der Waals surface area (Å²) in [5, 5.41) is 2.96. The Morgan fingerprint density at radius 2 is 2.22 bits per heavy atom. The maximum Gasteiger partial charge on any atom is 0.207 e. The van der Waals surface area contributed by atoms with Crippen LogP contribution in [0.1, 0.15) is 43.1 Å². The first-order valence-corrected chi connectivity index (χ1v) is 8.38. The number of hydrogen-bond donors (Lipinski definition) is 1. The summed E-state index contributed by atoms with van der Waals surface area (Å²) in [5.74, 6) is 1.81. The fourth-order valence-corrected chi connectivity index (χ4v) is 3.22. The molecular formula is C18H26N4O. The fraction of sp³-hybridized carbons (Fsp3) is 0.556. The molecule has 1 N–H and O–H groups in total. The van der Waals surface area contributed by atoms with Crippen LogP contribution in [0, 0.1) is 5.92 Å². The molecule has 1 aliphatic rings. The molecule has 0 aliphatic heterocycles. The van der Waals surface area contributed by atoms with Crippen LogP contribution in [0.5, 0.6) is 0 Å². The lowest BCUT2D eigenvalue weighted by Gasteiger charge is -2.15. The zero-order valence-corrected chi connectivity index (χ0v) is 14.2. The van der Waals surface area contributed by atoms with Gasteiger partial charge in [-0.3, -0.25) is 4.79 Å². The van der Waals surface area contributed by atoms with Crippen molar-refractivity contribution in [1.82, 2.24) is 19.8 Å². The molecule has 0 spiro atoms. The molecule has 0 radical (unpaired) electrons. The van der Waals surface area contributed by atoms with Crippen molar-refractivity contribution in [2.75, 3.05) is 14.1 Å². The Balaban J connectivity index is 1.88. The summed E-state index contributed by atoms with van der Waals surface area (Å²) in [4.78, 5) is 18.0. The van der Waals surface area contributed by atoms with Crippen molar-refractivity contribution in [3.63, 3.8) is 0 Å². The van der Waals surface area contributed by atoms with Gasteiger partial charge in [-0.05, 0) is 50.6 Å². The fourth-order valence-electron chi connectivity index (χ4n) is 3.22. The van der Waals surface area contributed by atoms with Crippen molar-refractivity contribution in [2.45, 2.75) is 38.3 Å². The third kappa shape index (κ3) is 3.72. The zero-order chi connectivity index (χ0) is 16.4. The number of carbonyl (C=O) groups is 1. The maximum atomic E-state index is 11.0. The second-order valence-corrected chi connectivity index (χ2v) is 6.95. The molecule has 1 aromatic carbocycles. The highest BCUT2D eigenvalue weighted by atomic mass is 16.1. The highest BCUT2D eigenvalue weighted by Crippen LogP contribution is 2.36. The van der Waals surface area contributed by atoms with E-state index in [1.807, 2.05) is 7.05 Å². The summed E-state index contributed by atoms with van der Waals surface area (Å²) in [7, 11) is 6.17. The number of imidazole rings is 1. The Bertz CT molecular complexity index is 688. The quantitative estimate of drug-likeness (QED) is 0.762. The molecule has 1 unspecified atom stereocenters. The molecule has 1 aromatic heterocycles. The molecule has 1 heterocycles. The third-order valence-corrected chi connectivity index (χ3v) is 4.62. The molecule has 5 heteroatoms. The lowest BCUT2D eigenvalue weighted by atomic mass is 10.1. The Kier molecular flexibility index (Phi) is 4.66. The van der Waals surface area contributed by atoms with Crippen LogP contribution in [-0.2, 0) is 18.4 Å². The molecule has 3 rings (SSSR count). The summed E-state index contributed by atoms with van der Waals surface area (Å²) in [6.45, 7) is 0.902. The molecular weight excluding hydrogens is 288 g/mol. The standard InChI is InChI=1S/C18H26N4O/c1-21(2)11-14-7-9-17-16(10-14)20-18(22(17)3)15(19-12-23)8-6-13-4-5-13/h7,9-10,12-13,15H,4-6,8,11H2,1-3H3,(H,19,23). The number of fused-ring (bicyclic) bond motifs is 1. The normalized spacial score (nSPS) is 16.0. The van der Waals surface area contributed by atoms with E-state index in [0.717, 1.165) is 42.2 Å². The van der Waals surface area contributed by atoms with Crippen molar-refractivity contribution in [2.24, 2.45) is 13.0 Å². The minimum Gasteiger partial charge on any atom is -0.349 e. The first-order chi connectivity index (χ1) is 11.1. The lowest BCUT2D eigenvalue weighted by molar-refractivity contribution is -0.110. The zero-order valence-electron chi connectivity index (χ0n) is 14.2. The van der Waals surface area contributed by atoms with Gasteiger partial charge in [0.05, 0.1) is 17.1 Å². The molecule has 0 saturated heterocycles. The van der Waals surface area contributed by atoms with E-state index in [9.17, 15) is 4.79 Å². The number of aryl methyl sites for hydroxylation is 1. The van der Waals surface area contributed by atoms with Gasteiger partial charge < -0.3 is 14.8 Å². The van der Waals surface area contributed by atoms with Gasteiger partial charge in [-0.25, -0.2) is 4.98 Å². The summed E-state index contributed by atoms with van der Waals surface area (Å²) in [5.41, 5.74) is 3.38. The Hall–Kier alpha value is -1.88. The number of nitrogens with one attached hydrogen (secondary N) is 1. The van der Waals surface area contributed by atoms with E-state index in [1.54, 1.807) is 0 Å². The monoisotopic (exact) mass is 314 g/mol. The predicted molar refractivity (Wildman–Crippen MR) is 92.0 cm³/mol. The number of carbonyl (C=O) groups excluding carboxylic acids is 1. The number of hydrogen-bond acceptors (Lipinski definition) is 3. The van der Waals surface area contributed by atoms with Gasteiger partial charge in [-0.15, -0.1) is 0 Å². The minimum atomic E-state index is 0.00259. The van der Waals surface area contributed by atoms with Crippen LogP contribution in [0.4, 0.5) is 0 Å². The number of rotatable bonds is 8. The van der Waals surface area contributed by atoms with E-state index in [2.05, 4.69) is 47.1 Å². The highest BCUT2D eigenvalue weighted by Gasteiger charge is 2.25. The van der Waals surface area contributed by atoms with Gasteiger partial charge in [0.2, 0.25) is 6.41 Å². The van der Waals surface area contributed by atoms with Gasteiger partial charge in [0.25, 0.3) is 0 Å². The van der Waals surface area contributed by atoms with E-state index in [1.165, 1.54) is 24.8 Å². The SMILES string of the molecule is CN(C)Cc1ccc2c(c1)nc(C(CCC1CC1)NC=O)n2C. The number of nitrogens with zero attached hydrogens (tertiary/aromatic N) is 3. The molecule has 5 nitrogen and oxygen atoms in total. The van der Waals surface area contributed by atoms with E-state index in [4.69, 9.17) is 4.98 Å². The minimum absolute atomic E-state index is 0.00259. The van der Waals surface area contributed by atoms with Crippen molar-refractivity contribution in [3.05, 3.63) is 29.6 Å². The third-order valence-electron chi connectivity index (χ3n) is 4.62. The molecule has 1 amide bonds. The molecule has 0 bridgehead atoms. The molecule has 124 valence electrons. The predicted octanol–water partition coefficient (Wildman–Crippen LogP) is 2.61. The van der Waals surface area contributed by atoms with Gasteiger partial charge in [0.1, 0.15) is 5.82 Å². The molecule has 1 aliphatic carbocycles. The molecule has 1 fully saturated rings. The first kappa shape index (κ1) is 16.0. The molecule has 1 saturated carbocycles. The van der Waals surface area contributed by atoms with Crippen LogP contribution < -0.4 is 5.32 Å². The highest BCUT2D eigenvalue weighted by molar-refractivity contribution is 5.77. The van der Waals surface area contributed by atoms with Crippen LogP contribution in [0.3, 0.4) is 0 Å². The van der Waals surface area contributed by atoms with Crippen LogP contribution in [0.25, 0.3) is 11.0 Å². The van der Waals surface area contributed by atoms with Crippen molar-refractivity contribution in [3.8, 4) is 0 Å². The van der Waals surface area contributed by atoms with Crippen LogP contribution in [-0.4, -0.2) is 35.0 Å². The van der Waals surface area contributed by atoms with E-state index < -0.39 is 0 Å². The second kappa shape index (κ2) is 6.71. The maximum absolute atomic E-state index is 11.0. The van der Waals surface area contributed by atoms with Gasteiger partial charge in [0, 0.05) is 13.6 Å². The van der Waals surface area contributed by atoms with Crippen molar-refractivity contribution in [1.29, 1.82) is 0 Å². The van der Waals surface area contributed by atoms with Crippen LogP contribution in [0.15, 0.2) is 18.2 Å². The Labute approximate surface area is 137 Å². The van der Waals surface area contributed by atoms with Gasteiger partial charge in [-0.2, -0.15) is 0 Å². The van der Waals surface area contributed by atoms with Crippen LogP contribution in [0.2, 0.25) is 0 Å². The van der Waals surface area contributed by atoms with Crippen LogP contribution >= 0.6 is 0 Å². The smallest absolute Gasteiger partial charge is 0.207 e. The molecule has 2 aromatic rings. The summed E-state index contributed by atoms with van der Waals surface area (Å²) in [6, 6.07) is 6.43. The van der Waals surface area contributed by atoms with E-state index in [0.29, 0.717) is 0 Å². The number of amides is 1. The van der Waals surface area contributed by atoms with Crippen molar-refractivity contribution >= 4 is 17.4 Å². The van der Waals surface area contributed by atoms with Crippen molar-refractivity contribution < 1.29 is 4.79 Å².